The molecule has 0 saturated heterocycles. The number of carbonyl (C=O) groups is 2. The van der Waals surface area contributed by atoms with Gasteiger partial charge < -0.3 is 14.3 Å². The maximum absolute atomic E-state index is 12.0. The fraction of sp³-hybridized carbons (Fsp3) is 0.154. The largest absolute Gasteiger partial charge is 0.497 e. The fourth-order valence-electron chi connectivity index (χ4n) is 1.58. The molecular weight excluding hydrogens is 264 g/mol. The molecule has 0 bridgehead atoms. The first kappa shape index (κ1) is 13.6. The van der Waals surface area contributed by atoms with E-state index in [0.717, 1.165) is 0 Å². The number of carboxylic acid groups (broad SMARTS) is 1. The highest BCUT2D eigenvalue weighted by atomic mass is 16.5. The molecule has 104 valence electrons. The predicted octanol–water partition coefficient (Wildman–Crippen LogP) is 1.94. The average molecular weight is 276 g/mol. The van der Waals surface area contributed by atoms with Gasteiger partial charge in [0, 0.05) is 5.56 Å². The Hall–Kier alpha value is -2.83. The second-order valence-electron chi connectivity index (χ2n) is 3.92. The zero-order chi connectivity index (χ0) is 14.7. The fourth-order valence-corrected chi connectivity index (χ4v) is 1.58. The highest BCUT2D eigenvalue weighted by molar-refractivity contribution is 6.03. The van der Waals surface area contributed by atoms with Crippen molar-refractivity contribution in [3.05, 3.63) is 41.3 Å². The molecule has 0 radical (unpaired) electrons. The van der Waals surface area contributed by atoms with Crippen LogP contribution in [-0.4, -0.2) is 29.1 Å². The number of hydrogen-bond donors (Lipinski definition) is 2. The van der Waals surface area contributed by atoms with Gasteiger partial charge in [-0.2, -0.15) is 4.98 Å². The SMILES string of the molecule is COc1cccc(C(=O)Nc2nc(C)c(C(=O)O)o2)c1. The number of anilines is 1. The van der Waals surface area contributed by atoms with E-state index in [4.69, 9.17) is 14.3 Å². The van der Waals surface area contributed by atoms with Crippen LogP contribution in [-0.2, 0) is 0 Å². The molecule has 1 aromatic carbocycles. The van der Waals surface area contributed by atoms with Crippen LogP contribution in [0.4, 0.5) is 6.01 Å². The third-order valence-corrected chi connectivity index (χ3v) is 2.54. The molecule has 7 heteroatoms. The van der Waals surface area contributed by atoms with Gasteiger partial charge in [-0.15, -0.1) is 0 Å². The van der Waals surface area contributed by atoms with Crippen molar-refractivity contribution in [3.8, 4) is 5.75 Å². The molecule has 0 aliphatic rings. The van der Waals surface area contributed by atoms with Crippen LogP contribution in [0.1, 0.15) is 26.6 Å². The summed E-state index contributed by atoms with van der Waals surface area (Å²) >= 11 is 0. The van der Waals surface area contributed by atoms with Gasteiger partial charge in [-0.05, 0) is 25.1 Å². The van der Waals surface area contributed by atoms with Gasteiger partial charge in [-0.1, -0.05) is 6.07 Å². The number of carbonyl (C=O) groups excluding carboxylic acids is 1. The maximum atomic E-state index is 12.0. The molecular formula is C13H12N2O5. The van der Waals surface area contributed by atoms with Crippen LogP contribution in [0, 0.1) is 6.92 Å². The Morgan fingerprint density at radius 3 is 2.75 bits per heavy atom. The minimum atomic E-state index is -1.24. The van der Waals surface area contributed by atoms with E-state index in [-0.39, 0.29) is 17.5 Å². The van der Waals surface area contributed by atoms with Crippen LogP contribution in [0.5, 0.6) is 5.75 Å². The van der Waals surface area contributed by atoms with E-state index in [1.54, 1.807) is 24.3 Å². The molecule has 0 aliphatic carbocycles. The van der Waals surface area contributed by atoms with Gasteiger partial charge in [0.2, 0.25) is 5.76 Å². The van der Waals surface area contributed by atoms with E-state index in [1.807, 2.05) is 0 Å². The van der Waals surface area contributed by atoms with Crippen LogP contribution in [0.25, 0.3) is 0 Å². The molecule has 2 N–H and O–H groups in total. The van der Waals surface area contributed by atoms with Crippen LogP contribution in [0.15, 0.2) is 28.7 Å². The van der Waals surface area contributed by atoms with E-state index in [9.17, 15) is 9.59 Å². The molecule has 1 heterocycles. The summed E-state index contributed by atoms with van der Waals surface area (Å²) < 4.78 is 9.96. The number of hydrogen-bond acceptors (Lipinski definition) is 5. The number of amides is 1. The van der Waals surface area contributed by atoms with Crippen LogP contribution >= 0.6 is 0 Å². The Bertz CT molecular complexity index is 663. The van der Waals surface area contributed by atoms with Crippen LogP contribution in [0.3, 0.4) is 0 Å². The highest BCUT2D eigenvalue weighted by Crippen LogP contribution is 2.17. The summed E-state index contributed by atoms with van der Waals surface area (Å²) in [6.07, 6.45) is 0. The molecule has 0 unspecified atom stereocenters. The van der Waals surface area contributed by atoms with Gasteiger partial charge in [0.15, 0.2) is 0 Å². The van der Waals surface area contributed by atoms with Gasteiger partial charge in [0.25, 0.3) is 5.91 Å². The average Bonchev–Trinajstić information content (AvgIpc) is 2.79. The molecule has 1 amide bonds. The highest BCUT2D eigenvalue weighted by Gasteiger charge is 2.18. The van der Waals surface area contributed by atoms with Crippen molar-refractivity contribution < 1.29 is 23.8 Å². The number of ether oxygens (including phenoxy) is 1. The number of methoxy groups -OCH3 is 1. The van der Waals surface area contributed by atoms with E-state index in [1.165, 1.54) is 14.0 Å². The summed E-state index contributed by atoms with van der Waals surface area (Å²) in [7, 11) is 1.49. The van der Waals surface area contributed by atoms with Gasteiger partial charge in [-0.25, -0.2) is 4.79 Å². The van der Waals surface area contributed by atoms with Crippen LogP contribution in [0.2, 0.25) is 0 Å². The first-order valence-corrected chi connectivity index (χ1v) is 5.67. The molecule has 1 aromatic heterocycles. The Morgan fingerprint density at radius 1 is 1.40 bits per heavy atom. The summed E-state index contributed by atoms with van der Waals surface area (Å²) in [6.45, 7) is 1.48. The Balaban J connectivity index is 2.19. The minimum absolute atomic E-state index is 0.160. The number of aromatic nitrogens is 1. The molecule has 20 heavy (non-hydrogen) atoms. The normalized spacial score (nSPS) is 10.1. The van der Waals surface area contributed by atoms with Crippen molar-refractivity contribution in [3.63, 3.8) is 0 Å². The van der Waals surface area contributed by atoms with Gasteiger partial charge >= 0.3 is 12.0 Å². The van der Waals surface area contributed by atoms with E-state index in [0.29, 0.717) is 11.3 Å². The van der Waals surface area contributed by atoms with Crippen molar-refractivity contribution in [2.24, 2.45) is 0 Å². The topological polar surface area (TPSA) is 102 Å². The van der Waals surface area contributed by atoms with Crippen molar-refractivity contribution in [1.29, 1.82) is 0 Å². The molecule has 0 atom stereocenters. The lowest BCUT2D eigenvalue weighted by atomic mass is 10.2. The number of rotatable bonds is 4. The van der Waals surface area contributed by atoms with Crippen molar-refractivity contribution >= 4 is 17.9 Å². The summed E-state index contributed by atoms with van der Waals surface area (Å²) in [6, 6.07) is 6.34. The zero-order valence-corrected chi connectivity index (χ0v) is 10.8. The standard InChI is InChI=1S/C13H12N2O5/c1-7-10(12(17)18)20-13(14-7)15-11(16)8-4-3-5-9(6-8)19-2/h3-6H,1-2H3,(H,17,18)(H,14,15,16). The molecule has 0 fully saturated rings. The third kappa shape index (κ3) is 2.77. The summed E-state index contributed by atoms with van der Waals surface area (Å²) in [5.41, 5.74) is 0.538. The Morgan fingerprint density at radius 2 is 2.15 bits per heavy atom. The van der Waals surface area contributed by atoms with Gasteiger partial charge in [0.05, 0.1) is 12.8 Å². The van der Waals surface area contributed by atoms with Crippen molar-refractivity contribution in [2.45, 2.75) is 6.92 Å². The predicted molar refractivity (Wildman–Crippen MR) is 69.1 cm³/mol. The lowest BCUT2D eigenvalue weighted by Gasteiger charge is -2.03. The van der Waals surface area contributed by atoms with Gasteiger partial charge in [0.1, 0.15) is 5.75 Å². The number of nitrogens with one attached hydrogen (secondary N) is 1. The van der Waals surface area contributed by atoms with E-state index < -0.39 is 11.9 Å². The maximum Gasteiger partial charge on any atom is 0.373 e. The molecule has 0 aliphatic heterocycles. The lowest BCUT2D eigenvalue weighted by molar-refractivity contribution is 0.0661. The number of benzene rings is 1. The molecule has 0 spiro atoms. The zero-order valence-electron chi connectivity index (χ0n) is 10.8. The molecule has 2 aromatic rings. The molecule has 2 rings (SSSR count). The number of oxazole rings is 1. The number of aryl methyl sites for hydroxylation is 1. The number of nitrogens with zero attached hydrogens (tertiary/aromatic N) is 1. The Labute approximate surface area is 114 Å². The second kappa shape index (κ2) is 5.43. The van der Waals surface area contributed by atoms with E-state index >= 15 is 0 Å². The number of carboxylic acids is 1. The van der Waals surface area contributed by atoms with E-state index in [2.05, 4.69) is 10.3 Å². The molecule has 0 saturated carbocycles. The van der Waals surface area contributed by atoms with Crippen LogP contribution < -0.4 is 10.1 Å². The van der Waals surface area contributed by atoms with Crippen molar-refractivity contribution in [1.82, 2.24) is 4.98 Å². The Kier molecular flexibility index (Phi) is 3.69. The summed E-state index contributed by atoms with van der Waals surface area (Å²) in [4.78, 5) is 26.6. The number of aromatic carboxylic acids is 1. The monoisotopic (exact) mass is 276 g/mol. The molecule has 7 nitrogen and oxygen atoms in total. The summed E-state index contributed by atoms with van der Waals surface area (Å²) in [5.74, 6) is -1.47. The first-order chi connectivity index (χ1) is 9.51. The second-order valence-corrected chi connectivity index (χ2v) is 3.92. The van der Waals surface area contributed by atoms with Crippen molar-refractivity contribution in [2.75, 3.05) is 12.4 Å². The minimum Gasteiger partial charge on any atom is -0.497 e. The first-order valence-electron chi connectivity index (χ1n) is 5.67. The lowest BCUT2D eigenvalue weighted by Crippen LogP contribution is -2.12. The van der Waals surface area contributed by atoms with Gasteiger partial charge in [-0.3, -0.25) is 10.1 Å². The smallest absolute Gasteiger partial charge is 0.373 e. The quantitative estimate of drug-likeness (QED) is 0.884. The third-order valence-electron chi connectivity index (χ3n) is 2.54. The summed E-state index contributed by atoms with van der Waals surface area (Å²) in [5, 5.41) is 11.2.